The fraction of sp³-hybridized carbons (Fsp3) is 0.154. The third kappa shape index (κ3) is 2.15. The van der Waals surface area contributed by atoms with Gasteiger partial charge in [0.15, 0.2) is 11.5 Å². The fourth-order valence-corrected chi connectivity index (χ4v) is 1.75. The second-order valence-electron chi connectivity index (χ2n) is 3.96. The molecule has 5 heteroatoms. The lowest BCUT2D eigenvalue weighted by Crippen LogP contribution is -2.15. The second kappa shape index (κ2) is 4.44. The Balaban J connectivity index is 1.82. The van der Waals surface area contributed by atoms with E-state index < -0.39 is 0 Å². The molecule has 92 valence electrons. The molecule has 3 N–H and O–H groups in total. The minimum atomic E-state index is 0.580. The maximum atomic E-state index is 5.58. The summed E-state index contributed by atoms with van der Waals surface area (Å²) in [5.41, 5.74) is 7.13. The summed E-state index contributed by atoms with van der Waals surface area (Å²) in [6.45, 7) is 1.18. The van der Waals surface area contributed by atoms with E-state index in [2.05, 4.69) is 10.3 Å². The Morgan fingerprint density at radius 3 is 2.67 bits per heavy atom. The van der Waals surface area contributed by atoms with Gasteiger partial charge in [-0.1, -0.05) is 0 Å². The van der Waals surface area contributed by atoms with E-state index in [-0.39, 0.29) is 0 Å². The molecule has 0 spiro atoms. The third-order valence-corrected chi connectivity index (χ3v) is 2.60. The summed E-state index contributed by atoms with van der Waals surface area (Å²) in [5, 5.41) is 3.18. The van der Waals surface area contributed by atoms with Crippen LogP contribution in [0.1, 0.15) is 0 Å². The molecule has 0 unspecified atom stereocenters. The van der Waals surface area contributed by atoms with Crippen molar-refractivity contribution in [2.24, 2.45) is 0 Å². The quantitative estimate of drug-likeness (QED) is 0.846. The van der Waals surface area contributed by atoms with Crippen molar-refractivity contribution in [3.05, 3.63) is 36.5 Å². The zero-order valence-corrected chi connectivity index (χ0v) is 9.72. The summed E-state index contributed by atoms with van der Waals surface area (Å²) >= 11 is 0. The highest BCUT2D eigenvalue weighted by Gasteiger charge is 2.11. The molecule has 3 rings (SSSR count). The van der Waals surface area contributed by atoms with Crippen molar-refractivity contribution in [2.45, 2.75) is 0 Å². The number of aromatic nitrogens is 1. The van der Waals surface area contributed by atoms with Crippen LogP contribution in [-0.4, -0.2) is 18.2 Å². The van der Waals surface area contributed by atoms with E-state index in [1.807, 2.05) is 24.3 Å². The molecule has 0 atom stereocenters. The first kappa shape index (κ1) is 10.7. The monoisotopic (exact) mass is 243 g/mol. The molecular formula is C13H13N3O2. The number of hydrogen-bond donors (Lipinski definition) is 2. The highest BCUT2D eigenvalue weighted by molar-refractivity contribution is 5.62. The van der Waals surface area contributed by atoms with Crippen molar-refractivity contribution in [3.63, 3.8) is 0 Å². The van der Waals surface area contributed by atoms with Gasteiger partial charge in [0.2, 0.25) is 0 Å². The van der Waals surface area contributed by atoms with Gasteiger partial charge < -0.3 is 20.5 Å². The van der Waals surface area contributed by atoms with Crippen molar-refractivity contribution in [3.8, 4) is 11.5 Å². The molecule has 1 aliphatic heterocycles. The molecule has 1 aromatic carbocycles. The molecule has 0 radical (unpaired) electrons. The molecule has 0 saturated carbocycles. The van der Waals surface area contributed by atoms with Crippen molar-refractivity contribution < 1.29 is 9.47 Å². The van der Waals surface area contributed by atoms with Crippen LogP contribution in [0.3, 0.4) is 0 Å². The van der Waals surface area contributed by atoms with E-state index >= 15 is 0 Å². The zero-order chi connectivity index (χ0) is 12.4. The van der Waals surface area contributed by atoms with Gasteiger partial charge in [-0.05, 0) is 24.3 Å². The van der Waals surface area contributed by atoms with Crippen LogP contribution >= 0.6 is 0 Å². The number of pyridine rings is 1. The lowest BCUT2D eigenvalue weighted by Gasteiger charge is -2.19. The van der Waals surface area contributed by atoms with Crippen LogP contribution in [0.2, 0.25) is 0 Å². The number of ether oxygens (including phenoxy) is 2. The number of nitrogens with one attached hydrogen (secondary N) is 1. The van der Waals surface area contributed by atoms with Crippen LogP contribution in [0.5, 0.6) is 11.5 Å². The molecule has 0 aliphatic carbocycles. The molecule has 2 aromatic rings. The van der Waals surface area contributed by atoms with Crippen molar-refractivity contribution in [2.75, 3.05) is 24.3 Å². The summed E-state index contributed by atoms with van der Waals surface area (Å²) in [6.07, 6.45) is 1.61. The maximum Gasteiger partial charge on any atom is 0.163 e. The summed E-state index contributed by atoms with van der Waals surface area (Å²) in [7, 11) is 0. The highest BCUT2D eigenvalue weighted by atomic mass is 16.6. The summed E-state index contributed by atoms with van der Waals surface area (Å²) < 4.78 is 11.0. The number of rotatable bonds is 2. The smallest absolute Gasteiger partial charge is 0.163 e. The van der Waals surface area contributed by atoms with Gasteiger partial charge in [0.25, 0.3) is 0 Å². The number of anilines is 3. The highest BCUT2D eigenvalue weighted by Crippen LogP contribution is 2.33. The van der Waals surface area contributed by atoms with Crippen LogP contribution in [0.15, 0.2) is 36.5 Å². The van der Waals surface area contributed by atoms with Crippen molar-refractivity contribution in [1.29, 1.82) is 0 Å². The number of nitrogen functional groups attached to an aromatic ring is 1. The zero-order valence-electron chi connectivity index (χ0n) is 9.72. The Morgan fingerprint density at radius 1 is 1.06 bits per heavy atom. The summed E-state index contributed by atoms with van der Waals surface area (Å²) in [6, 6.07) is 9.33. The Bertz CT molecular complexity index is 555. The average Bonchev–Trinajstić information content (AvgIpc) is 2.41. The van der Waals surface area contributed by atoms with Crippen LogP contribution in [0.4, 0.5) is 17.2 Å². The SMILES string of the molecule is Nc1ccc(Nc2ccc3c(c2)OCCO3)nc1. The van der Waals surface area contributed by atoms with E-state index in [1.165, 1.54) is 0 Å². The van der Waals surface area contributed by atoms with Gasteiger partial charge in [-0.3, -0.25) is 0 Å². The molecule has 2 heterocycles. The Labute approximate surface area is 105 Å². The number of fused-ring (bicyclic) bond motifs is 1. The molecule has 5 nitrogen and oxygen atoms in total. The largest absolute Gasteiger partial charge is 0.486 e. The number of nitrogens with two attached hydrogens (primary N) is 1. The molecule has 0 saturated heterocycles. The van der Waals surface area contributed by atoms with Gasteiger partial charge in [0, 0.05) is 11.8 Å². The van der Waals surface area contributed by atoms with Crippen LogP contribution in [0.25, 0.3) is 0 Å². The molecule has 1 aliphatic rings. The number of benzene rings is 1. The predicted molar refractivity (Wildman–Crippen MR) is 69.4 cm³/mol. The lowest BCUT2D eigenvalue weighted by molar-refractivity contribution is 0.171. The van der Waals surface area contributed by atoms with E-state index in [0.29, 0.717) is 18.9 Å². The van der Waals surface area contributed by atoms with Crippen molar-refractivity contribution >= 4 is 17.2 Å². The molecule has 0 bridgehead atoms. The predicted octanol–water partition coefficient (Wildman–Crippen LogP) is 2.18. The Kier molecular flexibility index (Phi) is 2.64. The summed E-state index contributed by atoms with van der Waals surface area (Å²) in [4.78, 5) is 4.18. The van der Waals surface area contributed by atoms with Gasteiger partial charge in [-0.25, -0.2) is 4.98 Å². The van der Waals surface area contributed by atoms with Crippen LogP contribution < -0.4 is 20.5 Å². The third-order valence-electron chi connectivity index (χ3n) is 2.60. The van der Waals surface area contributed by atoms with Gasteiger partial charge in [-0.15, -0.1) is 0 Å². The normalized spacial score (nSPS) is 13.1. The van der Waals surface area contributed by atoms with E-state index in [9.17, 15) is 0 Å². The Morgan fingerprint density at radius 2 is 1.89 bits per heavy atom. The number of hydrogen-bond acceptors (Lipinski definition) is 5. The van der Waals surface area contributed by atoms with Gasteiger partial charge in [-0.2, -0.15) is 0 Å². The molecule has 0 amide bonds. The lowest BCUT2D eigenvalue weighted by atomic mass is 10.2. The molecule has 18 heavy (non-hydrogen) atoms. The topological polar surface area (TPSA) is 69.4 Å². The van der Waals surface area contributed by atoms with Gasteiger partial charge in [0.05, 0.1) is 11.9 Å². The van der Waals surface area contributed by atoms with Crippen molar-refractivity contribution in [1.82, 2.24) is 4.98 Å². The van der Waals surface area contributed by atoms with E-state index in [4.69, 9.17) is 15.2 Å². The fourth-order valence-electron chi connectivity index (χ4n) is 1.75. The number of nitrogens with zero attached hydrogens (tertiary/aromatic N) is 1. The molecular weight excluding hydrogens is 230 g/mol. The molecule has 1 aromatic heterocycles. The average molecular weight is 243 g/mol. The van der Waals surface area contributed by atoms with E-state index in [1.54, 1.807) is 12.3 Å². The van der Waals surface area contributed by atoms with Gasteiger partial charge in [0.1, 0.15) is 19.0 Å². The van der Waals surface area contributed by atoms with Crippen LogP contribution in [0, 0.1) is 0 Å². The van der Waals surface area contributed by atoms with E-state index in [0.717, 1.165) is 23.0 Å². The maximum absolute atomic E-state index is 5.58. The first-order valence-electron chi connectivity index (χ1n) is 5.69. The first-order valence-corrected chi connectivity index (χ1v) is 5.69. The second-order valence-corrected chi connectivity index (χ2v) is 3.96. The first-order chi connectivity index (χ1) is 8.81. The van der Waals surface area contributed by atoms with Crippen LogP contribution in [-0.2, 0) is 0 Å². The minimum Gasteiger partial charge on any atom is -0.486 e. The Hall–Kier alpha value is -2.43. The molecule has 0 fully saturated rings. The minimum absolute atomic E-state index is 0.580. The standard InChI is InChI=1S/C13H13N3O2/c14-9-1-4-13(15-8-9)16-10-2-3-11-12(7-10)18-6-5-17-11/h1-4,7-8H,5-6,14H2,(H,15,16). The van der Waals surface area contributed by atoms with Gasteiger partial charge >= 0.3 is 0 Å². The summed E-state index contributed by atoms with van der Waals surface area (Å²) in [5.74, 6) is 2.26.